The highest BCUT2D eigenvalue weighted by atomic mass is 32.2. The van der Waals surface area contributed by atoms with E-state index in [0.29, 0.717) is 39.7 Å². The summed E-state index contributed by atoms with van der Waals surface area (Å²) in [5.74, 6) is 0.220. The molecule has 0 atom stereocenters. The fourth-order valence-corrected chi connectivity index (χ4v) is 4.71. The lowest BCUT2D eigenvalue weighted by molar-refractivity contribution is -0.115. The minimum atomic E-state index is -3.76. The Morgan fingerprint density at radius 1 is 1.23 bits per heavy atom. The van der Waals surface area contributed by atoms with Gasteiger partial charge in [0.2, 0.25) is 5.91 Å². The number of carbonyl (C=O) groups is 1. The first-order chi connectivity index (χ1) is 14.3. The number of anilines is 2. The molecule has 30 heavy (non-hydrogen) atoms. The minimum absolute atomic E-state index is 0.139. The molecule has 0 spiro atoms. The number of rotatable bonds is 7. The summed E-state index contributed by atoms with van der Waals surface area (Å²) in [7, 11) is -3.76. The molecule has 0 aliphatic rings. The van der Waals surface area contributed by atoms with Crippen molar-refractivity contribution < 1.29 is 17.7 Å². The molecule has 0 radical (unpaired) electrons. The number of aromatic nitrogens is 1. The molecule has 0 saturated carbocycles. The Kier molecular flexibility index (Phi) is 6.34. The van der Waals surface area contributed by atoms with E-state index in [4.69, 9.17) is 9.78 Å². The number of hydrogen-bond donors (Lipinski definition) is 2. The average Bonchev–Trinajstić information content (AvgIpc) is 3.34. The van der Waals surface area contributed by atoms with Crippen molar-refractivity contribution in [3.63, 3.8) is 0 Å². The number of hydrogen-bond acceptors (Lipinski definition) is 7. The molecule has 2 heterocycles. The standard InChI is InChI=1S/C20H18N4O4S2/c1-3-18(25)22-20-13(2)23-28-17(20)10-8-16-9-11-19(29-16)30(26,27)24-15-6-4-14(12-21)5-7-15/h4-11,24H,3H2,1-2H3,(H,22,25)/b10-8+. The summed E-state index contributed by atoms with van der Waals surface area (Å²) < 4.78 is 33.0. The van der Waals surface area contributed by atoms with Crippen LogP contribution in [0, 0.1) is 18.3 Å². The Balaban J connectivity index is 1.76. The van der Waals surface area contributed by atoms with Crippen molar-refractivity contribution >= 4 is 50.8 Å². The molecule has 3 aromatic rings. The number of thiophene rings is 1. The SMILES string of the molecule is CCC(=O)Nc1c(C)noc1/C=C/c1ccc(S(=O)(=O)Nc2ccc(C#N)cc2)s1. The number of nitriles is 1. The van der Waals surface area contributed by atoms with Crippen LogP contribution in [0.1, 0.15) is 35.2 Å². The van der Waals surface area contributed by atoms with Crippen LogP contribution >= 0.6 is 11.3 Å². The fourth-order valence-electron chi connectivity index (χ4n) is 2.43. The molecule has 1 amide bonds. The Labute approximate surface area is 177 Å². The van der Waals surface area contributed by atoms with Gasteiger partial charge in [-0.25, -0.2) is 8.42 Å². The smallest absolute Gasteiger partial charge is 0.271 e. The van der Waals surface area contributed by atoms with Gasteiger partial charge in [0.25, 0.3) is 10.0 Å². The van der Waals surface area contributed by atoms with E-state index in [0.717, 1.165) is 11.3 Å². The van der Waals surface area contributed by atoms with Crippen LogP contribution in [0.15, 0.2) is 45.1 Å². The lowest BCUT2D eigenvalue weighted by Gasteiger charge is -2.05. The van der Waals surface area contributed by atoms with Crippen molar-refractivity contribution in [3.05, 3.63) is 58.3 Å². The zero-order valence-corrected chi connectivity index (χ0v) is 17.8. The third-order valence-electron chi connectivity index (χ3n) is 4.01. The first-order valence-corrected chi connectivity index (χ1v) is 11.2. The van der Waals surface area contributed by atoms with Crippen LogP contribution in [0.3, 0.4) is 0 Å². The van der Waals surface area contributed by atoms with Gasteiger partial charge in [-0.1, -0.05) is 12.1 Å². The van der Waals surface area contributed by atoms with Crippen LogP contribution in [0.2, 0.25) is 0 Å². The third-order valence-corrected chi connectivity index (χ3v) is 6.93. The maximum Gasteiger partial charge on any atom is 0.271 e. The van der Waals surface area contributed by atoms with Crippen molar-refractivity contribution in [3.8, 4) is 6.07 Å². The van der Waals surface area contributed by atoms with Crippen LogP contribution in [0.4, 0.5) is 11.4 Å². The van der Waals surface area contributed by atoms with E-state index in [-0.39, 0.29) is 10.1 Å². The summed E-state index contributed by atoms with van der Waals surface area (Å²) in [6.45, 7) is 3.46. The molecular formula is C20H18N4O4S2. The molecule has 0 fully saturated rings. The minimum Gasteiger partial charge on any atom is -0.354 e. The van der Waals surface area contributed by atoms with E-state index in [1.54, 1.807) is 32.1 Å². The maximum absolute atomic E-state index is 12.6. The predicted octanol–water partition coefficient (Wildman–Crippen LogP) is 4.24. The van der Waals surface area contributed by atoms with Crippen molar-refractivity contribution in [1.82, 2.24) is 5.16 Å². The maximum atomic E-state index is 12.6. The van der Waals surface area contributed by atoms with Crippen molar-refractivity contribution in [2.45, 2.75) is 24.5 Å². The Morgan fingerprint density at radius 3 is 2.63 bits per heavy atom. The fraction of sp³-hybridized carbons (Fsp3) is 0.150. The zero-order valence-electron chi connectivity index (χ0n) is 16.2. The topological polar surface area (TPSA) is 125 Å². The summed E-state index contributed by atoms with van der Waals surface area (Å²) >= 11 is 1.08. The van der Waals surface area contributed by atoms with Gasteiger partial charge in [0.15, 0.2) is 5.76 Å². The number of aryl methyl sites for hydroxylation is 1. The molecule has 0 saturated heterocycles. The van der Waals surface area contributed by atoms with Crippen LogP contribution in [0.5, 0.6) is 0 Å². The average molecular weight is 443 g/mol. The molecule has 0 aliphatic heterocycles. The number of sulfonamides is 1. The molecule has 2 N–H and O–H groups in total. The van der Waals surface area contributed by atoms with Gasteiger partial charge in [-0.15, -0.1) is 11.3 Å². The largest absolute Gasteiger partial charge is 0.354 e. The van der Waals surface area contributed by atoms with Gasteiger partial charge in [0, 0.05) is 17.0 Å². The summed E-state index contributed by atoms with van der Waals surface area (Å²) in [5.41, 5.74) is 1.86. The first-order valence-electron chi connectivity index (χ1n) is 8.89. The number of amides is 1. The van der Waals surface area contributed by atoms with Gasteiger partial charge in [0.05, 0.1) is 11.6 Å². The highest BCUT2D eigenvalue weighted by molar-refractivity contribution is 7.94. The summed E-state index contributed by atoms with van der Waals surface area (Å²) in [6.07, 6.45) is 3.64. The van der Waals surface area contributed by atoms with Crippen molar-refractivity contribution in [2.75, 3.05) is 10.0 Å². The van der Waals surface area contributed by atoms with Gasteiger partial charge in [-0.3, -0.25) is 9.52 Å². The third kappa shape index (κ3) is 4.94. The summed E-state index contributed by atoms with van der Waals surface area (Å²) in [4.78, 5) is 12.3. The van der Waals surface area contributed by atoms with Crippen LogP contribution in [-0.4, -0.2) is 19.5 Å². The second-order valence-corrected chi connectivity index (χ2v) is 9.22. The normalized spacial score (nSPS) is 11.4. The van der Waals surface area contributed by atoms with E-state index in [1.165, 1.54) is 30.3 Å². The second-order valence-electron chi connectivity index (χ2n) is 6.19. The van der Waals surface area contributed by atoms with Crippen molar-refractivity contribution in [1.29, 1.82) is 5.26 Å². The summed E-state index contributed by atoms with van der Waals surface area (Å²) in [5, 5.41) is 15.4. The molecule has 3 rings (SSSR count). The van der Waals surface area contributed by atoms with E-state index < -0.39 is 10.0 Å². The van der Waals surface area contributed by atoms with Gasteiger partial charge in [0.1, 0.15) is 15.6 Å². The molecule has 0 bridgehead atoms. The highest BCUT2D eigenvalue weighted by Crippen LogP contribution is 2.27. The number of nitrogens with zero attached hydrogens (tertiary/aromatic N) is 2. The lowest BCUT2D eigenvalue weighted by Crippen LogP contribution is -2.11. The molecule has 10 heteroatoms. The zero-order chi connectivity index (χ0) is 21.7. The van der Waals surface area contributed by atoms with Crippen LogP contribution < -0.4 is 10.0 Å². The van der Waals surface area contributed by atoms with E-state index >= 15 is 0 Å². The predicted molar refractivity (Wildman–Crippen MR) is 115 cm³/mol. The number of carbonyl (C=O) groups excluding carboxylic acids is 1. The van der Waals surface area contributed by atoms with Crippen molar-refractivity contribution in [2.24, 2.45) is 0 Å². The number of benzene rings is 1. The van der Waals surface area contributed by atoms with Gasteiger partial charge in [-0.05, 0) is 55.5 Å². The Hall–Kier alpha value is -3.42. The van der Waals surface area contributed by atoms with Crippen LogP contribution in [0.25, 0.3) is 12.2 Å². The van der Waals surface area contributed by atoms with Gasteiger partial charge in [-0.2, -0.15) is 5.26 Å². The number of nitrogens with one attached hydrogen (secondary N) is 2. The van der Waals surface area contributed by atoms with E-state index in [9.17, 15) is 13.2 Å². The molecule has 0 unspecified atom stereocenters. The first kappa shape index (κ1) is 21.3. The quantitative estimate of drug-likeness (QED) is 0.564. The monoisotopic (exact) mass is 442 g/mol. The molecule has 0 aliphatic carbocycles. The van der Waals surface area contributed by atoms with E-state index in [2.05, 4.69) is 15.2 Å². The second kappa shape index (κ2) is 8.94. The van der Waals surface area contributed by atoms with Crippen LogP contribution in [-0.2, 0) is 14.8 Å². The molecule has 8 nitrogen and oxygen atoms in total. The molecule has 1 aromatic carbocycles. The Bertz CT molecular complexity index is 1230. The summed E-state index contributed by atoms with van der Waals surface area (Å²) in [6, 6.07) is 11.3. The molecule has 154 valence electrons. The van der Waals surface area contributed by atoms with Gasteiger partial charge < -0.3 is 9.84 Å². The molecular weight excluding hydrogens is 424 g/mol. The van der Waals surface area contributed by atoms with E-state index in [1.807, 2.05) is 6.07 Å². The lowest BCUT2D eigenvalue weighted by atomic mass is 10.2. The molecule has 2 aromatic heterocycles. The highest BCUT2D eigenvalue weighted by Gasteiger charge is 2.17. The van der Waals surface area contributed by atoms with Gasteiger partial charge >= 0.3 is 0 Å². The Morgan fingerprint density at radius 2 is 1.97 bits per heavy atom.